The molecule has 0 aliphatic carbocycles. The second kappa shape index (κ2) is 8.63. The van der Waals surface area contributed by atoms with E-state index in [2.05, 4.69) is 24.1 Å². The molecule has 1 N–H and O–H groups in total. The van der Waals surface area contributed by atoms with E-state index in [4.69, 9.17) is 0 Å². The van der Waals surface area contributed by atoms with Crippen LogP contribution < -0.4 is 9.62 Å². The Labute approximate surface area is 185 Å². The van der Waals surface area contributed by atoms with Crippen molar-refractivity contribution in [2.45, 2.75) is 50.0 Å². The summed E-state index contributed by atoms with van der Waals surface area (Å²) in [5.74, 6) is -0.246. The average molecular weight is 442 g/mol. The fourth-order valence-corrected chi connectivity index (χ4v) is 6.04. The van der Waals surface area contributed by atoms with Gasteiger partial charge in [-0.3, -0.25) is 14.0 Å². The van der Waals surface area contributed by atoms with Crippen molar-refractivity contribution in [1.29, 1.82) is 0 Å². The minimum Gasteiger partial charge on any atom is -0.350 e. The number of hydrogen-bond donors (Lipinski definition) is 1. The van der Waals surface area contributed by atoms with Crippen molar-refractivity contribution in [3.05, 3.63) is 59.7 Å². The van der Waals surface area contributed by atoms with E-state index in [9.17, 15) is 13.2 Å². The van der Waals surface area contributed by atoms with Gasteiger partial charge in [0.1, 0.15) is 0 Å². The molecular formula is C24H31N3O3S. The van der Waals surface area contributed by atoms with Gasteiger partial charge in [-0.1, -0.05) is 30.7 Å². The minimum absolute atomic E-state index is 0.140. The van der Waals surface area contributed by atoms with Gasteiger partial charge in [0.15, 0.2) is 0 Å². The molecule has 166 valence electrons. The molecule has 1 fully saturated rings. The SMILES string of the molecule is CC(C)(CNC(=O)c1cccc(S(=O)(=O)N2CCc3ccccc32)c1)N1CCCCC1. The second-order valence-electron chi connectivity index (χ2n) is 9.03. The van der Waals surface area contributed by atoms with Crippen LogP contribution in [0, 0.1) is 0 Å². The molecular weight excluding hydrogens is 410 g/mol. The highest BCUT2D eigenvalue weighted by atomic mass is 32.2. The number of nitrogens with zero attached hydrogens (tertiary/aromatic N) is 2. The molecule has 31 heavy (non-hydrogen) atoms. The van der Waals surface area contributed by atoms with Crippen LogP contribution in [0.15, 0.2) is 53.4 Å². The molecule has 2 aliphatic heterocycles. The lowest BCUT2D eigenvalue weighted by Crippen LogP contribution is -2.53. The summed E-state index contributed by atoms with van der Waals surface area (Å²) in [7, 11) is -3.72. The Morgan fingerprint density at radius 2 is 1.74 bits per heavy atom. The number of carbonyl (C=O) groups excluding carboxylic acids is 1. The third-order valence-electron chi connectivity index (χ3n) is 6.42. The van der Waals surface area contributed by atoms with Gasteiger partial charge in [0.05, 0.1) is 10.6 Å². The first-order valence-electron chi connectivity index (χ1n) is 11.0. The third kappa shape index (κ3) is 4.48. The summed E-state index contributed by atoms with van der Waals surface area (Å²) in [6.07, 6.45) is 4.34. The van der Waals surface area contributed by atoms with E-state index in [1.807, 2.05) is 24.3 Å². The summed E-state index contributed by atoms with van der Waals surface area (Å²) in [6.45, 7) is 7.32. The van der Waals surface area contributed by atoms with Gasteiger partial charge in [0.2, 0.25) is 0 Å². The molecule has 2 heterocycles. The van der Waals surface area contributed by atoms with E-state index in [-0.39, 0.29) is 16.3 Å². The molecule has 0 unspecified atom stereocenters. The number of fused-ring (bicyclic) bond motifs is 1. The summed E-state index contributed by atoms with van der Waals surface area (Å²) in [4.78, 5) is 15.4. The van der Waals surface area contributed by atoms with Crippen molar-refractivity contribution in [1.82, 2.24) is 10.2 Å². The quantitative estimate of drug-likeness (QED) is 0.746. The number of carbonyl (C=O) groups is 1. The molecule has 2 aliphatic rings. The zero-order valence-electron chi connectivity index (χ0n) is 18.3. The van der Waals surface area contributed by atoms with Crippen molar-refractivity contribution >= 4 is 21.6 Å². The van der Waals surface area contributed by atoms with Gasteiger partial charge in [-0.05, 0) is 76.0 Å². The Bertz CT molecular complexity index is 1060. The number of nitrogens with one attached hydrogen (secondary N) is 1. The summed E-state index contributed by atoms with van der Waals surface area (Å²) >= 11 is 0. The van der Waals surface area contributed by atoms with Crippen LogP contribution in [0.2, 0.25) is 0 Å². The lowest BCUT2D eigenvalue weighted by Gasteiger charge is -2.41. The largest absolute Gasteiger partial charge is 0.350 e. The fourth-order valence-electron chi connectivity index (χ4n) is 4.49. The van der Waals surface area contributed by atoms with Gasteiger partial charge in [-0.15, -0.1) is 0 Å². The number of sulfonamides is 1. The number of rotatable bonds is 6. The monoisotopic (exact) mass is 441 g/mol. The van der Waals surface area contributed by atoms with Crippen molar-refractivity contribution in [3.63, 3.8) is 0 Å². The molecule has 4 rings (SSSR count). The second-order valence-corrected chi connectivity index (χ2v) is 10.9. The molecule has 1 saturated heterocycles. The van der Waals surface area contributed by atoms with Gasteiger partial charge in [0, 0.05) is 24.2 Å². The molecule has 2 aromatic carbocycles. The van der Waals surface area contributed by atoms with Crippen LogP contribution in [-0.4, -0.2) is 50.9 Å². The predicted molar refractivity (Wildman–Crippen MR) is 123 cm³/mol. The number of anilines is 1. The highest BCUT2D eigenvalue weighted by molar-refractivity contribution is 7.92. The van der Waals surface area contributed by atoms with E-state index < -0.39 is 10.0 Å². The fraction of sp³-hybridized carbons (Fsp3) is 0.458. The standard InChI is InChI=1S/C24H31N3O3S/c1-24(2,26-14-6-3-7-15-26)18-25-23(28)20-10-8-11-21(17-20)31(29,30)27-16-13-19-9-4-5-12-22(19)27/h4-5,8-12,17H,3,6-7,13-16,18H2,1-2H3,(H,25,28). The number of amides is 1. The van der Waals surface area contributed by atoms with Gasteiger partial charge < -0.3 is 5.32 Å². The van der Waals surface area contributed by atoms with E-state index in [1.165, 1.54) is 29.6 Å². The smallest absolute Gasteiger partial charge is 0.264 e. The van der Waals surface area contributed by atoms with Gasteiger partial charge in [-0.25, -0.2) is 8.42 Å². The van der Waals surface area contributed by atoms with Crippen LogP contribution in [0.3, 0.4) is 0 Å². The third-order valence-corrected chi connectivity index (χ3v) is 8.23. The van der Waals surface area contributed by atoms with E-state index in [1.54, 1.807) is 18.2 Å². The molecule has 0 atom stereocenters. The number of para-hydroxylation sites is 1. The maximum Gasteiger partial charge on any atom is 0.264 e. The maximum absolute atomic E-state index is 13.3. The predicted octanol–water partition coefficient (Wildman–Crippen LogP) is 3.43. The molecule has 0 aromatic heterocycles. The van der Waals surface area contributed by atoms with Gasteiger partial charge in [0.25, 0.3) is 15.9 Å². The number of likely N-dealkylation sites (tertiary alicyclic amines) is 1. The number of hydrogen-bond acceptors (Lipinski definition) is 4. The van der Waals surface area contributed by atoms with Crippen molar-refractivity contribution in [3.8, 4) is 0 Å². The number of piperidine rings is 1. The Morgan fingerprint density at radius 1 is 1.00 bits per heavy atom. The topological polar surface area (TPSA) is 69.7 Å². The lowest BCUT2D eigenvalue weighted by molar-refractivity contribution is 0.0797. The summed E-state index contributed by atoms with van der Waals surface area (Å²) in [5.41, 5.74) is 1.97. The molecule has 1 amide bonds. The Morgan fingerprint density at radius 3 is 2.52 bits per heavy atom. The molecule has 0 spiro atoms. The first-order valence-corrected chi connectivity index (χ1v) is 12.5. The van der Waals surface area contributed by atoms with Crippen LogP contribution in [0.5, 0.6) is 0 Å². The van der Waals surface area contributed by atoms with E-state index in [0.29, 0.717) is 25.1 Å². The first kappa shape index (κ1) is 21.8. The zero-order chi connectivity index (χ0) is 22.1. The lowest BCUT2D eigenvalue weighted by atomic mass is 9.98. The van der Waals surface area contributed by atoms with E-state index in [0.717, 1.165) is 24.3 Å². The zero-order valence-corrected chi connectivity index (χ0v) is 19.1. The van der Waals surface area contributed by atoms with Crippen LogP contribution in [0.25, 0.3) is 0 Å². The Kier molecular flexibility index (Phi) is 6.08. The average Bonchev–Trinajstić information content (AvgIpc) is 3.23. The summed E-state index contributed by atoms with van der Waals surface area (Å²) in [6, 6.07) is 13.9. The molecule has 6 nitrogen and oxygen atoms in total. The van der Waals surface area contributed by atoms with E-state index >= 15 is 0 Å². The molecule has 2 aromatic rings. The van der Waals surface area contributed by atoms with Crippen LogP contribution >= 0.6 is 0 Å². The normalized spacial score (nSPS) is 17.4. The number of benzene rings is 2. The van der Waals surface area contributed by atoms with Crippen LogP contribution in [0.1, 0.15) is 49.0 Å². The summed E-state index contributed by atoms with van der Waals surface area (Å²) < 4.78 is 28.0. The molecule has 7 heteroatoms. The summed E-state index contributed by atoms with van der Waals surface area (Å²) in [5, 5.41) is 3.01. The highest BCUT2D eigenvalue weighted by Crippen LogP contribution is 2.32. The Hall–Kier alpha value is -2.38. The van der Waals surface area contributed by atoms with Crippen LogP contribution in [0.4, 0.5) is 5.69 Å². The molecule has 0 bridgehead atoms. The minimum atomic E-state index is -3.72. The Balaban J connectivity index is 1.48. The molecule has 0 radical (unpaired) electrons. The molecule has 0 saturated carbocycles. The maximum atomic E-state index is 13.3. The highest BCUT2D eigenvalue weighted by Gasteiger charge is 2.31. The van der Waals surface area contributed by atoms with Crippen molar-refractivity contribution in [2.24, 2.45) is 0 Å². The first-order chi connectivity index (χ1) is 14.8. The van der Waals surface area contributed by atoms with Gasteiger partial charge in [-0.2, -0.15) is 0 Å². The van der Waals surface area contributed by atoms with Crippen molar-refractivity contribution in [2.75, 3.05) is 30.5 Å². The van der Waals surface area contributed by atoms with Crippen LogP contribution in [-0.2, 0) is 16.4 Å². The van der Waals surface area contributed by atoms with Gasteiger partial charge >= 0.3 is 0 Å². The van der Waals surface area contributed by atoms with Crippen molar-refractivity contribution < 1.29 is 13.2 Å².